The van der Waals surface area contributed by atoms with Crippen LogP contribution in [0.3, 0.4) is 0 Å². The van der Waals surface area contributed by atoms with E-state index in [2.05, 4.69) is 4.98 Å². The van der Waals surface area contributed by atoms with Gasteiger partial charge in [-0.15, -0.1) is 0 Å². The zero-order chi connectivity index (χ0) is 15.6. The Bertz CT molecular complexity index is 589. The van der Waals surface area contributed by atoms with Gasteiger partial charge in [-0.25, -0.2) is 14.4 Å². The minimum absolute atomic E-state index is 0.148. The maximum atomic E-state index is 12.1. The highest BCUT2D eigenvalue weighted by Gasteiger charge is 2.32. The summed E-state index contributed by atoms with van der Waals surface area (Å²) in [6, 6.07) is 0. The van der Waals surface area contributed by atoms with Crippen molar-refractivity contribution in [1.82, 2.24) is 4.98 Å². The minimum Gasteiger partial charge on any atom is -0.463 e. The number of esters is 3. The van der Waals surface area contributed by atoms with Gasteiger partial charge in [-0.2, -0.15) is 0 Å². The molecule has 2 heterocycles. The van der Waals surface area contributed by atoms with E-state index in [0.717, 1.165) is 0 Å². The van der Waals surface area contributed by atoms with Crippen molar-refractivity contribution in [2.24, 2.45) is 0 Å². The SMILES string of the molecule is CCOC(=O)c1c(C)[nH]c(C(=O)O[C@H]2CCOC2=O)c1C. The summed E-state index contributed by atoms with van der Waals surface area (Å²) in [6.45, 7) is 5.49. The van der Waals surface area contributed by atoms with Crippen molar-refractivity contribution in [1.29, 1.82) is 0 Å². The molecule has 1 saturated heterocycles. The van der Waals surface area contributed by atoms with Gasteiger partial charge >= 0.3 is 17.9 Å². The van der Waals surface area contributed by atoms with Crippen LogP contribution in [0.5, 0.6) is 0 Å². The normalized spacial score (nSPS) is 17.5. The Hall–Kier alpha value is -2.31. The molecule has 1 aliphatic rings. The highest BCUT2D eigenvalue weighted by molar-refractivity contribution is 5.99. The average molecular weight is 295 g/mol. The quantitative estimate of drug-likeness (QED) is 0.664. The maximum Gasteiger partial charge on any atom is 0.355 e. The van der Waals surface area contributed by atoms with Crippen LogP contribution in [0.1, 0.15) is 45.4 Å². The van der Waals surface area contributed by atoms with Crippen LogP contribution in [0, 0.1) is 13.8 Å². The van der Waals surface area contributed by atoms with E-state index in [9.17, 15) is 14.4 Å². The van der Waals surface area contributed by atoms with Crippen molar-refractivity contribution in [2.45, 2.75) is 33.3 Å². The molecule has 1 N–H and O–H groups in total. The van der Waals surface area contributed by atoms with Gasteiger partial charge in [-0.3, -0.25) is 0 Å². The van der Waals surface area contributed by atoms with E-state index in [1.54, 1.807) is 20.8 Å². The van der Waals surface area contributed by atoms with Crippen molar-refractivity contribution in [3.8, 4) is 0 Å². The summed E-state index contributed by atoms with van der Waals surface area (Å²) >= 11 is 0. The van der Waals surface area contributed by atoms with Crippen molar-refractivity contribution in [3.63, 3.8) is 0 Å². The number of nitrogens with one attached hydrogen (secondary N) is 1. The highest BCUT2D eigenvalue weighted by atomic mass is 16.6. The Morgan fingerprint density at radius 1 is 1.33 bits per heavy atom. The second-order valence-electron chi connectivity index (χ2n) is 4.70. The Labute approximate surface area is 121 Å². The number of hydrogen-bond donors (Lipinski definition) is 1. The lowest BCUT2D eigenvalue weighted by atomic mass is 10.1. The molecule has 0 unspecified atom stereocenters. The fraction of sp³-hybridized carbons (Fsp3) is 0.500. The molecule has 114 valence electrons. The third kappa shape index (κ3) is 2.91. The number of ether oxygens (including phenoxy) is 3. The maximum absolute atomic E-state index is 12.1. The lowest BCUT2D eigenvalue weighted by Gasteiger charge is -2.08. The number of hydrogen-bond acceptors (Lipinski definition) is 6. The van der Waals surface area contributed by atoms with Gasteiger partial charge in [0.25, 0.3) is 0 Å². The van der Waals surface area contributed by atoms with Gasteiger partial charge in [-0.05, 0) is 26.3 Å². The first-order valence-corrected chi connectivity index (χ1v) is 6.69. The highest BCUT2D eigenvalue weighted by Crippen LogP contribution is 2.21. The fourth-order valence-corrected chi connectivity index (χ4v) is 2.24. The van der Waals surface area contributed by atoms with Crippen LogP contribution < -0.4 is 0 Å². The Balaban J connectivity index is 2.20. The largest absolute Gasteiger partial charge is 0.463 e. The van der Waals surface area contributed by atoms with Crippen LogP contribution in [-0.4, -0.2) is 42.2 Å². The molecular weight excluding hydrogens is 278 g/mol. The number of aromatic amines is 1. The van der Waals surface area contributed by atoms with Gasteiger partial charge in [0.2, 0.25) is 6.10 Å². The van der Waals surface area contributed by atoms with Crippen molar-refractivity contribution in [3.05, 3.63) is 22.5 Å². The fourth-order valence-electron chi connectivity index (χ4n) is 2.24. The summed E-state index contributed by atoms with van der Waals surface area (Å²) in [7, 11) is 0. The Morgan fingerprint density at radius 2 is 2.05 bits per heavy atom. The second kappa shape index (κ2) is 5.99. The molecule has 0 radical (unpaired) electrons. The predicted octanol–water partition coefficient (Wildman–Crippen LogP) is 1.28. The molecule has 0 aromatic carbocycles. The summed E-state index contributed by atoms with van der Waals surface area (Å²) in [6.07, 6.45) is -0.542. The van der Waals surface area contributed by atoms with Gasteiger partial charge in [0.15, 0.2) is 0 Å². The Kier molecular flexibility index (Phi) is 4.30. The number of carbonyl (C=O) groups excluding carboxylic acids is 3. The van der Waals surface area contributed by atoms with Gasteiger partial charge in [0, 0.05) is 12.1 Å². The number of aryl methyl sites for hydroxylation is 1. The summed E-state index contributed by atoms with van der Waals surface area (Å²) in [5, 5.41) is 0. The molecule has 2 rings (SSSR count). The van der Waals surface area contributed by atoms with Gasteiger partial charge < -0.3 is 19.2 Å². The third-order valence-corrected chi connectivity index (χ3v) is 3.26. The molecule has 0 spiro atoms. The monoisotopic (exact) mass is 295 g/mol. The summed E-state index contributed by atoms with van der Waals surface area (Å²) in [5.41, 5.74) is 1.43. The molecule has 1 atom stereocenters. The van der Waals surface area contributed by atoms with Crippen LogP contribution in [-0.2, 0) is 19.0 Å². The smallest absolute Gasteiger partial charge is 0.355 e. The molecule has 0 amide bonds. The van der Waals surface area contributed by atoms with Crippen LogP contribution >= 0.6 is 0 Å². The second-order valence-corrected chi connectivity index (χ2v) is 4.70. The van der Waals surface area contributed by atoms with Crippen LogP contribution in [0.15, 0.2) is 0 Å². The van der Waals surface area contributed by atoms with Crippen molar-refractivity contribution >= 4 is 17.9 Å². The molecule has 0 aliphatic carbocycles. The zero-order valence-corrected chi connectivity index (χ0v) is 12.1. The molecule has 1 aliphatic heterocycles. The zero-order valence-electron chi connectivity index (χ0n) is 12.1. The number of H-pyrrole nitrogens is 1. The van der Waals surface area contributed by atoms with Gasteiger partial charge in [0.05, 0.1) is 18.8 Å². The lowest BCUT2D eigenvalue weighted by molar-refractivity contribution is -0.145. The van der Waals surface area contributed by atoms with Crippen molar-refractivity contribution < 1.29 is 28.6 Å². The first-order valence-electron chi connectivity index (χ1n) is 6.69. The molecule has 21 heavy (non-hydrogen) atoms. The van der Waals surface area contributed by atoms with E-state index < -0.39 is 24.0 Å². The van der Waals surface area contributed by atoms with E-state index in [1.165, 1.54) is 0 Å². The molecule has 1 aromatic heterocycles. The molecule has 1 aromatic rings. The molecular formula is C14H17NO6. The molecule has 0 bridgehead atoms. The van der Waals surface area contributed by atoms with E-state index in [0.29, 0.717) is 23.2 Å². The van der Waals surface area contributed by atoms with Crippen LogP contribution in [0.25, 0.3) is 0 Å². The number of aromatic nitrogens is 1. The van der Waals surface area contributed by atoms with Crippen LogP contribution in [0.4, 0.5) is 0 Å². The third-order valence-electron chi connectivity index (χ3n) is 3.26. The van der Waals surface area contributed by atoms with E-state index in [1.807, 2.05) is 0 Å². The molecule has 7 nitrogen and oxygen atoms in total. The first kappa shape index (κ1) is 15.1. The van der Waals surface area contributed by atoms with Gasteiger partial charge in [-0.1, -0.05) is 0 Å². The lowest BCUT2D eigenvalue weighted by Crippen LogP contribution is -2.23. The van der Waals surface area contributed by atoms with Gasteiger partial charge in [0.1, 0.15) is 5.69 Å². The van der Waals surface area contributed by atoms with Crippen molar-refractivity contribution in [2.75, 3.05) is 13.2 Å². The average Bonchev–Trinajstić information content (AvgIpc) is 2.94. The number of rotatable bonds is 4. The summed E-state index contributed by atoms with van der Waals surface area (Å²) < 4.78 is 14.8. The number of cyclic esters (lactones) is 1. The summed E-state index contributed by atoms with van der Waals surface area (Å²) in [4.78, 5) is 38.1. The summed E-state index contributed by atoms with van der Waals surface area (Å²) in [5.74, 6) is -1.73. The number of carbonyl (C=O) groups is 3. The topological polar surface area (TPSA) is 94.7 Å². The minimum atomic E-state index is -0.883. The molecule has 7 heteroatoms. The standard InChI is InChI=1S/C14H17NO6/c1-4-19-13(17)10-7(2)11(15-8(10)3)14(18)21-9-5-6-20-12(9)16/h9,15H,4-6H2,1-3H3/t9-/m0/s1. The van der Waals surface area contributed by atoms with E-state index in [-0.39, 0.29) is 18.9 Å². The Morgan fingerprint density at radius 3 is 2.62 bits per heavy atom. The molecule has 0 saturated carbocycles. The van der Waals surface area contributed by atoms with E-state index in [4.69, 9.17) is 14.2 Å². The van der Waals surface area contributed by atoms with E-state index >= 15 is 0 Å². The van der Waals surface area contributed by atoms with Crippen LogP contribution in [0.2, 0.25) is 0 Å². The molecule has 1 fully saturated rings. The predicted molar refractivity (Wildman–Crippen MR) is 71.0 cm³/mol. The first-order chi connectivity index (χ1) is 9.95.